The molecule has 0 aliphatic carbocycles. The lowest BCUT2D eigenvalue weighted by atomic mass is 9.93. The van der Waals surface area contributed by atoms with Gasteiger partial charge in [-0.2, -0.15) is 0 Å². The molecule has 0 aromatic heterocycles. The number of piperidine rings is 1. The highest BCUT2D eigenvalue weighted by Gasteiger charge is 2.20. The Morgan fingerprint density at radius 3 is 2.60 bits per heavy atom. The van der Waals surface area contributed by atoms with Crippen LogP contribution >= 0.6 is 0 Å². The summed E-state index contributed by atoms with van der Waals surface area (Å²) in [6, 6.07) is 1.45. The van der Waals surface area contributed by atoms with E-state index < -0.39 is 29.1 Å². The Balaban J connectivity index is 1.86. The van der Waals surface area contributed by atoms with Gasteiger partial charge in [0.15, 0.2) is 0 Å². The van der Waals surface area contributed by atoms with Crippen molar-refractivity contribution >= 4 is 5.91 Å². The second-order valence-corrected chi connectivity index (χ2v) is 6.50. The van der Waals surface area contributed by atoms with E-state index >= 15 is 0 Å². The number of nitrogens with one attached hydrogen (secondary N) is 2. The molecule has 1 aliphatic rings. The van der Waals surface area contributed by atoms with Crippen molar-refractivity contribution < 1.29 is 23.4 Å². The lowest BCUT2D eigenvalue weighted by molar-refractivity contribution is 0.0913. The Bertz CT molecular complexity index is 554. The van der Waals surface area contributed by atoms with E-state index in [2.05, 4.69) is 10.6 Å². The smallest absolute Gasteiger partial charge is 0.257 e. The summed E-state index contributed by atoms with van der Waals surface area (Å²) < 4.78 is 33.6. The molecule has 25 heavy (non-hydrogen) atoms. The first-order valence-electron chi connectivity index (χ1n) is 8.75. The summed E-state index contributed by atoms with van der Waals surface area (Å²) in [5, 5.41) is 14.5. The van der Waals surface area contributed by atoms with Crippen molar-refractivity contribution in [3.05, 3.63) is 29.3 Å². The Morgan fingerprint density at radius 2 is 2.00 bits per heavy atom. The number of ether oxygens (including phenoxy) is 1. The molecule has 3 N–H and O–H groups in total. The number of rotatable bonds is 8. The first kappa shape index (κ1) is 19.6. The number of aliphatic hydroxyl groups is 1. The Kier molecular flexibility index (Phi) is 7.58. The molecule has 0 radical (unpaired) electrons. The average molecular weight is 356 g/mol. The van der Waals surface area contributed by atoms with Gasteiger partial charge in [-0.25, -0.2) is 8.78 Å². The molecule has 0 unspecified atom stereocenters. The van der Waals surface area contributed by atoms with Gasteiger partial charge in [-0.05, 0) is 51.6 Å². The maximum absolute atomic E-state index is 14.1. The molecular formula is C18H26F2N2O3. The number of amides is 1. The fraction of sp³-hybridized carbons (Fsp3) is 0.611. The fourth-order valence-corrected chi connectivity index (χ4v) is 2.92. The number of benzene rings is 1. The molecule has 1 aliphatic heterocycles. The second-order valence-electron chi connectivity index (χ2n) is 6.50. The van der Waals surface area contributed by atoms with Crippen LogP contribution in [-0.2, 0) is 0 Å². The van der Waals surface area contributed by atoms with Crippen LogP contribution in [-0.4, -0.2) is 43.4 Å². The molecule has 1 fully saturated rings. The van der Waals surface area contributed by atoms with Crippen molar-refractivity contribution in [1.82, 2.24) is 10.6 Å². The SMILES string of the molecule is C[C@H](CO)NC(=O)c1c(F)cc(OCCCC2CCNCC2)cc1F. The number of carbonyl (C=O) groups is 1. The lowest BCUT2D eigenvalue weighted by Crippen LogP contribution is -2.36. The molecule has 7 heteroatoms. The zero-order chi connectivity index (χ0) is 18.2. The summed E-state index contributed by atoms with van der Waals surface area (Å²) in [6.45, 7) is 3.69. The van der Waals surface area contributed by atoms with Gasteiger partial charge >= 0.3 is 0 Å². The molecule has 0 bridgehead atoms. The van der Waals surface area contributed by atoms with E-state index in [-0.39, 0.29) is 12.4 Å². The van der Waals surface area contributed by atoms with Crippen LogP contribution in [0.2, 0.25) is 0 Å². The number of halogens is 2. The summed E-state index contributed by atoms with van der Waals surface area (Å²) >= 11 is 0. The van der Waals surface area contributed by atoms with E-state index in [1.165, 1.54) is 6.92 Å². The van der Waals surface area contributed by atoms with Crippen molar-refractivity contribution in [1.29, 1.82) is 0 Å². The third-order valence-corrected chi connectivity index (χ3v) is 4.38. The van der Waals surface area contributed by atoms with Crippen LogP contribution in [0, 0.1) is 17.6 Å². The number of hydrogen-bond acceptors (Lipinski definition) is 4. The molecule has 1 amide bonds. The van der Waals surface area contributed by atoms with E-state index in [1.807, 2.05) is 0 Å². The summed E-state index contributed by atoms with van der Waals surface area (Å²) in [7, 11) is 0. The van der Waals surface area contributed by atoms with Gasteiger partial charge in [-0.3, -0.25) is 4.79 Å². The fourth-order valence-electron chi connectivity index (χ4n) is 2.92. The molecule has 1 aromatic carbocycles. The molecule has 1 atom stereocenters. The Hall–Kier alpha value is -1.73. The van der Waals surface area contributed by atoms with Gasteiger partial charge in [0.05, 0.1) is 13.2 Å². The maximum Gasteiger partial charge on any atom is 0.257 e. The Labute approximate surface area is 146 Å². The molecule has 140 valence electrons. The van der Waals surface area contributed by atoms with Gasteiger partial charge in [0.25, 0.3) is 5.91 Å². The minimum atomic E-state index is -0.976. The third kappa shape index (κ3) is 5.93. The van der Waals surface area contributed by atoms with Crippen molar-refractivity contribution in [2.45, 2.75) is 38.6 Å². The normalized spacial score (nSPS) is 16.5. The van der Waals surface area contributed by atoms with Crippen LogP contribution in [0.15, 0.2) is 12.1 Å². The molecular weight excluding hydrogens is 330 g/mol. The number of aliphatic hydroxyl groups excluding tert-OH is 1. The highest BCUT2D eigenvalue weighted by molar-refractivity contribution is 5.95. The van der Waals surface area contributed by atoms with Crippen molar-refractivity contribution in [2.24, 2.45) is 5.92 Å². The van der Waals surface area contributed by atoms with Gasteiger partial charge in [-0.15, -0.1) is 0 Å². The highest BCUT2D eigenvalue weighted by atomic mass is 19.1. The zero-order valence-corrected chi connectivity index (χ0v) is 14.5. The van der Waals surface area contributed by atoms with Crippen LogP contribution in [0.25, 0.3) is 0 Å². The van der Waals surface area contributed by atoms with Gasteiger partial charge in [0.2, 0.25) is 0 Å². The predicted octanol–water partition coefficient (Wildman–Crippen LogP) is 2.23. The first-order valence-corrected chi connectivity index (χ1v) is 8.75. The van der Waals surface area contributed by atoms with Crippen molar-refractivity contribution in [2.75, 3.05) is 26.3 Å². The molecule has 0 saturated carbocycles. The van der Waals surface area contributed by atoms with Crippen molar-refractivity contribution in [3.63, 3.8) is 0 Å². The predicted molar refractivity (Wildman–Crippen MR) is 90.7 cm³/mol. The van der Waals surface area contributed by atoms with Gasteiger partial charge in [0.1, 0.15) is 22.9 Å². The largest absolute Gasteiger partial charge is 0.493 e. The van der Waals surface area contributed by atoms with E-state index in [9.17, 15) is 13.6 Å². The standard InChI is InChI=1S/C18H26F2N2O3/c1-12(11-23)22-18(24)17-15(19)9-14(10-16(17)20)25-8-2-3-13-4-6-21-7-5-13/h9-10,12-13,21,23H,2-8,11H2,1H3,(H,22,24)/t12-/m1/s1. The second kappa shape index (κ2) is 9.68. The van der Waals surface area contributed by atoms with Gasteiger partial charge in [0, 0.05) is 18.2 Å². The van der Waals surface area contributed by atoms with Crippen LogP contribution < -0.4 is 15.4 Å². The van der Waals surface area contributed by atoms with Crippen LogP contribution in [0.5, 0.6) is 5.75 Å². The van der Waals surface area contributed by atoms with E-state index in [1.54, 1.807) is 0 Å². The minimum absolute atomic E-state index is 0.0760. The molecule has 1 saturated heterocycles. The molecule has 5 nitrogen and oxygen atoms in total. The minimum Gasteiger partial charge on any atom is -0.493 e. The summed E-state index contributed by atoms with van der Waals surface area (Å²) in [4.78, 5) is 11.9. The van der Waals surface area contributed by atoms with E-state index in [0.717, 1.165) is 50.9 Å². The Morgan fingerprint density at radius 1 is 1.36 bits per heavy atom. The monoisotopic (exact) mass is 356 g/mol. The van der Waals surface area contributed by atoms with E-state index in [0.29, 0.717) is 12.5 Å². The molecule has 0 spiro atoms. The van der Waals surface area contributed by atoms with Gasteiger partial charge in [-0.1, -0.05) is 0 Å². The lowest BCUT2D eigenvalue weighted by Gasteiger charge is -2.22. The summed E-state index contributed by atoms with van der Waals surface area (Å²) in [5.74, 6) is -2.09. The maximum atomic E-state index is 14.1. The molecule has 1 heterocycles. The average Bonchev–Trinajstić information content (AvgIpc) is 2.59. The number of carbonyl (C=O) groups excluding carboxylic acids is 1. The first-order chi connectivity index (χ1) is 12.0. The topological polar surface area (TPSA) is 70.6 Å². The summed E-state index contributed by atoms with van der Waals surface area (Å²) in [6.07, 6.45) is 4.16. The number of hydrogen-bond donors (Lipinski definition) is 3. The zero-order valence-electron chi connectivity index (χ0n) is 14.5. The highest BCUT2D eigenvalue weighted by Crippen LogP contribution is 2.22. The van der Waals surface area contributed by atoms with Crippen molar-refractivity contribution in [3.8, 4) is 5.75 Å². The summed E-state index contributed by atoms with van der Waals surface area (Å²) in [5.41, 5.74) is -0.664. The molecule has 1 aromatic rings. The van der Waals surface area contributed by atoms with E-state index in [4.69, 9.17) is 9.84 Å². The van der Waals surface area contributed by atoms with Crippen LogP contribution in [0.4, 0.5) is 8.78 Å². The van der Waals surface area contributed by atoms with Gasteiger partial charge < -0.3 is 20.5 Å². The quantitative estimate of drug-likeness (QED) is 0.625. The van der Waals surface area contributed by atoms with Crippen LogP contribution in [0.1, 0.15) is 43.0 Å². The van der Waals surface area contributed by atoms with Crippen LogP contribution in [0.3, 0.4) is 0 Å². The molecule has 2 rings (SSSR count). The third-order valence-electron chi connectivity index (χ3n) is 4.38.